The topological polar surface area (TPSA) is 59.1 Å². The first-order valence-electron chi connectivity index (χ1n) is 3.39. The third-order valence-corrected chi connectivity index (χ3v) is 2.23. The largest absolute Gasteiger partial charge is 0.386 e. The Bertz CT molecular complexity index is 215. The first-order valence-corrected chi connectivity index (χ1v) is 4.16. The Balaban J connectivity index is 2.78. The minimum absolute atomic E-state index is 0.591. The highest BCUT2D eigenvalue weighted by Gasteiger charge is 2.25. The molecule has 1 aromatic rings. The maximum Gasteiger partial charge on any atom is 0.107 e. The van der Waals surface area contributed by atoms with Crippen molar-refractivity contribution in [1.82, 2.24) is 4.37 Å². The maximum absolute atomic E-state index is 9.59. The summed E-state index contributed by atoms with van der Waals surface area (Å²) in [5.74, 6) is 0. The number of hydrogen-bond donors (Lipinski definition) is 2. The zero-order valence-electron chi connectivity index (χ0n) is 6.61. The van der Waals surface area contributed by atoms with E-state index in [1.54, 1.807) is 26.1 Å². The van der Waals surface area contributed by atoms with Gasteiger partial charge < -0.3 is 10.8 Å². The first kappa shape index (κ1) is 8.64. The zero-order valence-corrected chi connectivity index (χ0v) is 7.43. The summed E-state index contributed by atoms with van der Waals surface area (Å²) in [6.07, 6.45) is 1.05. The van der Waals surface area contributed by atoms with E-state index in [0.29, 0.717) is 0 Å². The van der Waals surface area contributed by atoms with Crippen molar-refractivity contribution in [2.45, 2.75) is 25.5 Å². The smallest absolute Gasteiger partial charge is 0.107 e. The molecule has 1 atom stereocenters. The standard InChI is InChI=1S/C7H12N2OS/c1-7(2,8)6(10)5-3-4-9-11-5/h3-4,6,10H,8H2,1-2H3. The van der Waals surface area contributed by atoms with Gasteiger partial charge in [0.05, 0.1) is 4.88 Å². The van der Waals surface area contributed by atoms with Crippen molar-refractivity contribution < 1.29 is 5.11 Å². The molecular weight excluding hydrogens is 160 g/mol. The van der Waals surface area contributed by atoms with Crippen molar-refractivity contribution in [3.05, 3.63) is 17.1 Å². The monoisotopic (exact) mass is 172 g/mol. The average Bonchev–Trinajstić information content (AvgIpc) is 2.34. The van der Waals surface area contributed by atoms with Gasteiger partial charge >= 0.3 is 0 Å². The summed E-state index contributed by atoms with van der Waals surface area (Å²) < 4.78 is 3.88. The van der Waals surface area contributed by atoms with Gasteiger partial charge in [0.2, 0.25) is 0 Å². The van der Waals surface area contributed by atoms with Crippen molar-refractivity contribution in [3.8, 4) is 0 Å². The molecule has 0 aliphatic carbocycles. The van der Waals surface area contributed by atoms with Crippen molar-refractivity contribution in [2.75, 3.05) is 0 Å². The molecule has 0 spiro atoms. The SMILES string of the molecule is CC(C)(N)C(O)c1ccns1. The number of aliphatic hydroxyl groups excluding tert-OH is 1. The van der Waals surface area contributed by atoms with Gasteiger partial charge in [0.1, 0.15) is 6.10 Å². The van der Waals surface area contributed by atoms with Crippen LogP contribution >= 0.6 is 11.5 Å². The molecule has 3 N–H and O–H groups in total. The second-order valence-corrected chi connectivity index (χ2v) is 4.00. The lowest BCUT2D eigenvalue weighted by molar-refractivity contribution is 0.108. The third-order valence-electron chi connectivity index (χ3n) is 1.43. The Morgan fingerprint density at radius 1 is 1.73 bits per heavy atom. The lowest BCUT2D eigenvalue weighted by Gasteiger charge is -2.24. The van der Waals surface area contributed by atoms with E-state index in [9.17, 15) is 5.11 Å². The number of nitrogens with two attached hydrogens (primary N) is 1. The Kier molecular flexibility index (Phi) is 2.27. The molecule has 0 saturated heterocycles. The first-order chi connectivity index (χ1) is 5.02. The summed E-state index contributed by atoms with van der Waals surface area (Å²) >= 11 is 1.28. The predicted octanol–water partition coefficient (Wildman–Crippen LogP) is 0.914. The molecule has 0 aliphatic heterocycles. The molecule has 4 heteroatoms. The van der Waals surface area contributed by atoms with Gasteiger partial charge in [-0.05, 0) is 31.4 Å². The minimum atomic E-state index is -0.616. The van der Waals surface area contributed by atoms with Crippen LogP contribution in [-0.4, -0.2) is 15.0 Å². The average molecular weight is 172 g/mol. The highest BCUT2D eigenvalue weighted by Crippen LogP contribution is 2.25. The van der Waals surface area contributed by atoms with Crippen LogP contribution in [0.15, 0.2) is 12.3 Å². The quantitative estimate of drug-likeness (QED) is 0.697. The molecule has 11 heavy (non-hydrogen) atoms. The van der Waals surface area contributed by atoms with Crippen LogP contribution in [0.5, 0.6) is 0 Å². The van der Waals surface area contributed by atoms with Crippen molar-refractivity contribution in [1.29, 1.82) is 0 Å². The van der Waals surface area contributed by atoms with Gasteiger partial charge in [-0.1, -0.05) is 0 Å². The molecule has 3 nitrogen and oxygen atoms in total. The lowest BCUT2D eigenvalue weighted by Crippen LogP contribution is -2.38. The van der Waals surface area contributed by atoms with Crippen LogP contribution in [0.2, 0.25) is 0 Å². The number of nitrogens with zero attached hydrogens (tertiary/aromatic N) is 1. The van der Waals surface area contributed by atoms with Crippen molar-refractivity contribution in [2.24, 2.45) is 5.73 Å². The van der Waals surface area contributed by atoms with E-state index in [1.165, 1.54) is 11.5 Å². The van der Waals surface area contributed by atoms with Crippen LogP contribution in [-0.2, 0) is 0 Å². The molecular formula is C7H12N2OS. The molecule has 0 radical (unpaired) electrons. The molecule has 0 aromatic carbocycles. The normalized spacial score (nSPS) is 14.9. The summed E-state index contributed by atoms with van der Waals surface area (Å²) in [6.45, 7) is 3.58. The zero-order chi connectivity index (χ0) is 8.48. The van der Waals surface area contributed by atoms with Crippen LogP contribution in [0.25, 0.3) is 0 Å². The van der Waals surface area contributed by atoms with Gasteiger partial charge in [-0.25, -0.2) is 4.37 Å². The molecule has 1 unspecified atom stereocenters. The van der Waals surface area contributed by atoms with E-state index in [4.69, 9.17) is 5.73 Å². The van der Waals surface area contributed by atoms with Crippen LogP contribution in [0.1, 0.15) is 24.8 Å². The second-order valence-electron chi connectivity index (χ2n) is 3.14. The molecule has 0 saturated carbocycles. The van der Waals surface area contributed by atoms with Gasteiger partial charge in [0.15, 0.2) is 0 Å². The Morgan fingerprint density at radius 2 is 2.36 bits per heavy atom. The van der Waals surface area contributed by atoms with Crippen molar-refractivity contribution in [3.63, 3.8) is 0 Å². The van der Waals surface area contributed by atoms with Gasteiger partial charge in [-0.2, -0.15) is 0 Å². The number of rotatable bonds is 2. The summed E-state index contributed by atoms with van der Waals surface area (Å²) in [6, 6.07) is 1.78. The molecule has 0 aliphatic rings. The van der Waals surface area contributed by atoms with E-state index in [-0.39, 0.29) is 0 Å². The number of hydrogen-bond acceptors (Lipinski definition) is 4. The van der Waals surface area contributed by atoms with E-state index in [1.807, 2.05) is 0 Å². The fourth-order valence-corrected chi connectivity index (χ4v) is 1.50. The number of aromatic nitrogens is 1. The molecule has 0 bridgehead atoms. The van der Waals surface area contributed by atoms with E-state index in [2.05, 4.69) is 4.37 Å². The molecule has 0 amide bonds. The highest BCUT2D eigenvalue weighted by atomic mass is 32.1. The lowest BCUT2D eigenvalue weighted by atomic mass is 9.98. The van der Waals surface area contributed by atoms with E-state index < -0.39 is 11.6 Å². The Hall–Kier alpha value is -0.450. The maximum atomic E-state index is 9.59. The van der Waals surface area contributed by atoms with Crippen LogP contribution in [0.4, 0.5) is 0 Å². The fourth-order valence-electron chi connectivity index (χ4n) is 0.733. The summed E-state index contributed by atoms with van der Waals surface area (Å²) in [5.41, 5.74) is 5.11. The van der Waals surface area contributed by atoms with Crippen LogP contribution in [0.3, 0.4) is 0 Å². The van der Waals surface area contributed by atoms with Gasteiger partial charge in [0.25, 0.3) is 0 Å². The van der Waals surface area contributed by atoms with Crippen molar-refractivity contribution >= 4 is 11.5 Å². The van der Waals surface area contributed by atoms with Gasteiger partial charge in [0, 0.05) is 11.7 Å². The second kappa shape index (κ2) is 2.89. The summed E-state index contributed by atoms with van der Waals surface area (Å²) in [4.78, 5) is 0.817. The van der Waals surface area contributed by atoms with Crippen LogP contribution < -0.4 is 5.73 Å². The highest BCUT2D eigenvalue weighted by molar-refractivity contribution is 7.05. The third kappa shape index (κ3) is 1.99. The molecule has 1 heterocycles. The summed E-state index contributed by atoms with van der Waals surface area (Å²) in [7, 11) is 0. The van der Waals surface area contributed by atoms with E-state index in [0.717, 1.165) is 4.88 Å². The molecule has 1 rings (SSSR count). The Labute approximate surface area is 70.0 Å². The Morgan fingerprint density at radius 3 is 2.73 bits per heavy atom. The van der Waals surface area contributed by atoms with Crippen LogP contribution in [0, 0.1) is 0 Å². The molecule has 62 valence electrons. The molecule has 1 aromatic heterocycles. The molecule has 0 fully saturated rings. The van der Waals surface area contributed by atoms with E-state index >= 15 is 0 Å². The summed E-state index contributed by atoms with van der Waals surface area (Å²) in [5, 5.41) is 9.59. The van der Waals surface area contributed by atoms with Gasteiger partial charge in [-0.3, -0.25) is 0 Å². The predicted molar refractivity (Wildman–Crippen MR) is 45.3 cm³/mol. The minimum Gasteiger partial charge on any atom is -0.386 e. The fraction of sp³-hybridized carbons (Fsp3) is 0.571. The number of aliphatic hydroxyl groups is 1. The van der Waals surface area contributed by atoms with Gasteiger partial charge in [-0.15, -0.1) is 0 Å².